The van der Waals surface area contributed by atoms with Crippen LogP contribution in [-0.2, 0) is 66.9 Å². The molecular formula is C100H178Br3F15O19. The summed E-state index contributed by atoms with van der Waals surface area (Å²) in [5.74, 6) is -1.72. The lowest BCUT2D eigenvalue weighted by Gasteiger charge is -2.27. The molecule has 0 unspecified atom stereocenters. The van der Waals surface area contributed by atoms with E-state index < -0.39 is 45.5 Å². The van der Waals surface area contributed by atoms with Gasteiger partial charge in [-0.3, -0.25) is 62.1 Å². The highest BCUT2D eigenvalue weighted by Crippen LogP contribution is 2.49. The molecule has 0 aromatic heterocycles. The minimum absolute atomic E-state index is 0. The molecule has 8 aliphatic carbocycles. The van der Waals surface area contributed by atoms with E-state index in [-0.39, 0.29) is 79.5 Å². The number of hydrogen-bond acceptors (Lipinski definition) is 15. The lowest BCUT2D eigenvalue weighted by Crippen LogP contribution is -2.30. The summed E-state index contributed by atoms with van der Waals surface area (Å²) in [6.07, 6.45) is 63.6. The smallest absolute Gasteiger partial charge is 0.312 e. The second-order valence-electron chi connectivity index (χ2n) is 37.9. The first-order valence-electron chi connectivity index (χ1n) is 50.2. The summed E-state index contributed by atoms with van der Waals surface area (Å²) in [6.45, 7) is 10.7. The Labute approximate surface area is 834 Å². The van der Waals surface area contributed by atoms with Crippen molar-refractivity contribution >= 4 is 107 Å². The topological polar surface area (TPSA) is 309 Å². The highest BCUT2D eigenvalue weighted by atomic mass is 79.9. The molecule has 0 saturated heterocycles. The zero-order valence-electron chi connectivity index (χ0n) is 82.2. The number of ketones is 2. The Kier molecular flexibility index (Phi) is 102. The van der Waals surface area contributed by atoms with Crippen molar-refractivity contribution in [2.75, 3.05) is 42.4 Å². The third-order valence-electron chi connectivity index (χ3n) is 28.5. The van der Waals surface area contributed by atoms with Crippen molar-refractivity contribution < 1.29 is 161 Å². The molecule has 137 heavy (non-hydrogen) atoms. The normalized spacial score (nSPS) is 17.1. The van der Waals surface area contributed by atoms with Crippen molar-refractivity contribution in [3.05, 3.63) is 0 Å². The van der Waals surface area contributed by atoms with E-state index in [1.807, 2.05) is 0 Å². The number of carboxylic acids is 4. The molecule has 5 N–H and O–H groups in total. The van der Waals surface area contributed by atoms with Gasteiger partial charge in [0.2, 0.25) is 0 Å². The molecular weight excluding hydrogens is 2030 g/mol. The van der Waals surface area contributed by atoms with Gasteiger partial charge in [0.05, 0.1) is 76.4 Å². The van der Waals surface area contributed by atoms with Crippen LogP contribution in [0.1, 0.15) is 478 Å². The monoisotopic (exact) mass is 2210 g/mol. The Hall–Kier alpha value is -4.55. The second kappa shape index (κ2) is 95.0. The lowest BCUT2D eigenvalue weighted by molar-refractivity contribution is -0.157. The fraction of sp³-hybridized carbons (Fsp3) is 0.900. The average Bonchev–Trinajstić information content (AvgIpc) is 1.51. The van der Waals surface area contributed by atoms with Crippen molar-refractivity contribution in [2.24, 2.45) is 43.8 Å². The Morgan fingerprint density at radius 1 is 0.277 bits per heavy atom. The molecule has 0 heterocycles. The van der Waals surface area contributed by atoms with Crippen LogP contribution >= 0.6 is 47.8 Å². The number of aliphatic carboxylic acids is 4. The summed E-state index contributed by atoms with van der Waals surface area (Å²) in [5.41, 5.74) is -2.79. The molecule has 0 aromatic carbocycles. The van der Waals surface area contributed by atoms with E-state index in [0.717, 1.165) is 382 Å². The number of ether oxygens (including phenoxy) is 4. The number of carbonyl (C=O) groups is 10. The van der Waals surface area contributed by atoms with Crippen LogP contribution in [0.15, 0.2) is 0 Å². The number of unbranched alkanes of at least 4 members (excludes halogenated alkanes) is 12. The number of esters is 4. The van der Waals surface area contributed by atoms with Gasteiger partial charge in [-0.15, -0.1) is 0 Å². The largest absolute Gasteiger partial charge is 0.481 e. The molecule has 8 fully saturated rings. The van der Waals surface area contributed by atoms with Gasteiger partial charge in [0.15, 0.2) is 0 Å². The van der Waals surface area contributed by atoms with Crippen LogP contribution in [0.2, 0.25) is 0 Å². The SMILES string of the molecule is BrCCCCBr.C.CCCCOC(=O)C1(CCCCBr)CCCC1.CCCCOC(=O)C1(CCCCC(=O)CCCCC2(C(=O)OCCCC)CCCC2)CCCC1.CCCCOC(=O)C1CCCC1.F.F.F.FF.FF.FF.FF.FF.FF.O=C(CCCCC1(C(=O)O)CCCC1)CCCCC1(C(=O)O)CCCC1.O=C(O)C1(CCCCC(O)CCCCC2(C(=O)O)CCCC2)CCCC1. The van der Waals surface area contributed by atoms with E-state index in [1.54, 1.807) is 0 Å². The summed E-state index contributed by atoms with van der Waals surface area (Å²) in [6, 6.07) is 0. The first-order valence-corrected chi connectivity index (χ1v) is 53.5. The van der Waals surface area contributed by atoms with E-state index in [1.165, 1.54) is 38.5 Å². The van der Waals surface area contributed by atoms with E-state index >= 15 is 0 Å². The maximum atomic E-state index is 12.7. The Morgan fingerprint density at radius 2 is 0.460 bits per heavy atom. The van der Waals surface area contributed by atoms with Crippen molar-refractivity contribution in [3.63, 3.8) is 0 Å². The van der Waals surface area contributed by atoms with Crippen LogP contribution in [0.3, 0.4) is 0 Å². The average molecular weight is 2210 g/mol. The maximum Gasteiger partial charge on any atom is 0.312 e. The van der Waals surface area contributed by atoms with Crippen molar-refractivity contribution in [1.82, 2.24) is 0 Å². The molecule has 0 aliphatic heterocycles. The number of rotatable bonds is 57. The predicted molar refractivity (Wildman–Crippen MR) is 521 cm³/mol. The summed E-state index contributed by atoms with van der Waals surface area (Å²) >= 11 is 10.1. The van der Waals surface area contributed by atoms with Gasteiger partial charge >= 0.3 is 47.8 Å². The molecule has 37 heteroatoms. The summed E-state index contributed by atoms with van der Waals surface area (Å²) in [7, 11) is 0. The third kappa shape index (κ3) is 62.0. The number of hydrogen-bond donors (Lipinski definition) is 5. The molecule has 19 nitrogen and oxygen atoms in total. The van der Waals surface area contributed by atoms with Crippen molar-refractivity contribution in [3.8, 4) is 0 Å². The maximum absolute atomic E-state index is 12.7. The number of Topliss-reactive ketones (excluding diaryl/α,β-unsaturated/α-hetero) is 2. The zero-order chi connectivity index (χ0) is 101. The Bertz CT molecular complexity index is 2760. The molecule has 0 atom stereocenters. The number of aliphatic hydroxyl groups excluding tert-OH is 1. The van der Waals surface area contributed by atoms with Crippen LogP contribution in [-0.4, -0.2) is 133 Å². The molecule has 0 spiro atoms. The molecule has 0 aromatic rings. The van der Waals surface area contributed by atoms with E-state index in [4.69, 9.17) is 73.8 Å². The molecule has 8 rings (SSSR count). The van der Waals surface area contributed by atoms with Gasteiger partial charge in [0, 0.05) is 96.6 Å². The highest BCUT2D eigenvalue weighted by Gasteiger charge is 2.47. The van der Waals surface area contributed by atoms with Gasteiger partial charge in [0.25, 0.3) is 0 Å². The number of carboxylic acid groups (broad SMARTS) is 4. The van der Waals surface area contributed by atoms with Crippen LogP contribution < -0.4 is 0 Å². The number of alkyl halides is 3. The summed E-state index contributed by atoms with van der Waals surface area (Å²) in [5, 5.41) is 51.3. The second-order valence-corrected chi connectivity index (χ2v) is 40.3. The van der Waals surface area contributed by atoms with Crippen LogP contribution in [0.25, 0.3) is 0 Å². The minimum Gasteiger partial charge on any atom is -0.481 e. The van der Waals surface area contributed by atoms with Gasteiger partial charge in [0.1, 0.15) is 11.6 Å². The van der Waals surface area contributed by atoms with Crippen LogP contribution in [0, 0.1) is 43.8 Å². The molecule has 0 amide bonds. The van der Waals surface area contributed by atoms with Gasteiger partial charge < -0.3 is 44.5 Å². The van der Waals surface area contributed by atoms with Crippen molar-refractivity contribution in [2.45, 2.75) is 484 Å². The Balaban J connectivity index is -0.000000247. The number of halogens is 18. The lowest BCUT2D eigenvalue weighted by atomic mass is 9.80. The van der Waals surface area contributed by atoms with Crippen molar-refractivity contribution in [1.29, 1.82) is 0 Å². The van der Waals surface area contributed by atoms with Crippen LogP contribution in [0.5, 0.6) is 0 Å². The number of aliphatic hydroxyl groups is 1. The summed E-state index contributed by atoms with van der Waals surface area (Å²) < 4.78 is 118. The Morgan fingerprint density at radius 3 is 0.664 bits per heavy atom. The zero-order valence-corrected chi connectivity index (χ0v) is 87.0. The highest BCUT2D eigenvalue weighted by molar-refractivity contribution is 9.09. The van der Waals surface area contributed by atoms with Gasteiger partial charge in [-0.05, 0) is 231 Å². The number of carbonyl (C=O) groups excluding carboxylic acids is 6. The van der Waals surface area contributed by atoms with Gasteiger partial charge in [-0.1, -0.05) is 269 Å². The van der Waals surface area contributed by atoms with E-state index in [2.05, 4.69) is 75.5 Å². The molecule has 8 saturated carbocycles. The first kappa shape index (κ1) is 148. The van der Waals surface area contributed by atoms with E-state index in [9.17, 15) is 73.5 Å². The van der Waals surface area contributed by atoms with E-state index in [0.29, 0.717) is 70.7 Å². The fourth-order valence-corrected chi connectivity index (χ4v) is 21.5. The standard InChI is InChI=1S/C29H50O5.C21H36O5.C21H34O5.C14H25BrO2.C10H18O2.C4H8Br2.CH4.6F2.3FH/c1-3-5-23-33-26(31)28(19-11-12-20-28)17-9-7-15-25(30)16-8-10-18-29(21-13-14-22-29)27(32)34-24-6-4-2;2*22-17(9-1-3-11-20(18(23)24)13-5-6-14-20)10-2-4-12-21(19(25)26)15-7-8-16-21;1-2-3-12-17-13(16)14(8-4-5-9-14)10-6-7-11-15;1-2-3-8-12-10(11)9-6-4-5-7-9;5-3-1-2-4-6;;6*1-2;;;/h3-24H2,1-2H3;17,22H,1-16H2,(H,23,24)(H,25,26);1-16H2,(H,23,24)(H,25,26);2-12H2,1H3;9H,2-8H2,1H3;1-4H2;1H4;;;;;;;3*1H. The molecule has 818 valence electrons. The van der Waals surface area contributed by atoms with Crippen LogP contribution in [0.4, 0.5) is 69.0 Å². The predicted octanol–water partition coefficient (Wildman–Crippen LogP) is 32.9. The van der Waals surface area contributed by atoms with Gasteiger partial charge in [-0.2, -0.15) is 0 Å². The minimum atomic E-state index is -0.666. The first-order chi connectivity index (χ1) is 64.3. The summed E-state index contributed by atoms with van der Waals surface area (Å²) in [4.78, 5) is 119. The van der Waals surface area contributed by atoms with Gasteiger partial charge in [-0.25, -0.2) is 0 Å². The third-order valence-corrected chi connectivity index (χ3v) is 30.2. The quantitative estimate of drug-likeness (QED) is 0.0124. The molecule has 8 aliphatic rings. The molecule has 0 radical (unpaired) electrons. The fourth-order valence-electron chi connectivity index (χ4n) is 20.3. The molecule has 0 bridgehead atoms.